The molecule has 3 nitrogen and oxygen atoms in total. The number of benzene rings is 2. The first-order valence-electron chi connectivity index (χ1n) is 7.64. The molecule has 3 aromatic rings. The summed E-state index contributed by atoms with van der Waals surface area (Å²) in [5.41, 5.74) is 1.78. The summed E-state index contributed by atoms with van der Waals surface area (Å²) in [7, 11) is 1.59. The predicted molar refractivity (Wildman–Crippen MR) is 98.2 cm³/mol. The Labute approximate surface area is 153 Å². The summed E-state index contributed by atoms with van der Waals surface area (Å²) in [6.07, 6.45) is 0. The minimum atomic E-state index is -0.515. The van der Waals surface area contributed by atoms with Crippen molar-refractivity contribution in [1.29, 1.82) is 0 Å². The number of carbonyl (C=O) groups is 1. The van der Waals surface area contributed by atoms with Crippen LogP contribution in [0.3, 0.4) is 0 Å². The first-order valence-corrected chi connectivity index (χ1v) is 8.83. The number of anilines is 1. The largest absolute Gasteiger partial charge is 0.488 e. The molecule has 0 spiro atoms. The van der Waals surface area contributed by atoms with Gasteiger partial charge in [0.05, 0.1) is 10.7 Å². The molecule has 1 aliphatic heterocycles. The van der Waals surface area contributed by atoms with E-state index in [1.807, 2.05) is 24.3 Å². The first kappa shape index (κ1) is 16.1. The predicted octanol–water partition coefficient (Wildman–Crippen LogP) is 5.38. The van der Waals surface area contributed by atoms with Gasteiger partial charge in [0.1, 0.15) is 17.2 Å². The van der Waals surface area contributed by atoms with E-state index in [2.05, 4.69) is 0 Å². The van der Waals surface area contributed by atoms with E-state index in [1.165, 1.54) is 4.90 Å². The fraction of sp³-hybridized carbons (Fsp3) is 0.105. The molecule has 0 aliphatic carbocycles. The van der Waals surface area contributed by atoms with Gasteiger partial charge in [0.2, 0.25) is 0 Å². The number of amides is 1. The maximum absolute atomic E-state index is 14.9. The lowest BCUT2D eigenvalue weighted by Crippen LogP contribution is -2.26. The van der Waals surface area contributed by atoms with Crippen molar-refractivity contribution in [2.24, 2.45) is 0 Å². The number of carbonyl (C=O) groups excluding carboxylic acids is 1. The molecule has 0 unspecified atom stereocenters. The maximum atomic E-state index is 14.9. The number of fused-ring (bicyclic) bond motifs is 3. The molecular formula is C19H13ClFNO2S. The van der Waals surface area contributed by atoms with E-state index in [0.717, 1.165) is 21.8 Å². The Balaban J connectivity index is 1.77. The van der Waals surface area contributed by atoms with Crippen LogP contribution in [0.15, 0.2) is 48.5 Å². The second-order valence-corrected chi connectivity index (χ2v) is 7.08. The highest BCUT2D eigenvalue weighted by Gasteiger charge is 2.30. The molecule has 0 bridgehead atoms. The SMILES string of the molecule is CN(C(=O)c1sc2c(c1F)COc1ccccc1-2)c1ccccc1Cl. The zero-order valence-corrected chi connectivity index (χ0v) is 14.8. The summed E-state index contributed by atoms with van der Waals surface area (Å²) in [6, 6.07) is 14.4. The number of halogens is 2. The number of hydrogen-bond donors (Lipinski definition) is 0. The van der Waals surface area contributed by atoms with Crippen molar-refractivity contribution in [1.82, 2.24) is 0 Å². The zero-order chi connectivity index (χ0) is 17.6. The number of hydrogen-bond acceptors (Lipinski definition) is 3. The normalized spacial score (nSPS) is 12.1. The van der Waals surface area contributed by atoms with Crippen LogP contribution in [0, 0.1) is 5.82 Å². The van der Waals surface area contributed by atoms with Crippen molar-refractivity contribution in [3.05, 3.63) is 69.8 Å². The lowest BCUT2D eigenvalue weighted by Gasteiger charge is -2.17. The Kier molecular flexibility index (Phi) is 3.98. The molecule has 1 aliphatic rings. The van der Waals surface area contributed by atoms with Gasteiger partial charge in [-0.3, -0.25) is 4.79 Å². The lowest BCUT2D eigenvalue weighted by molar-refractivity contribution is 0.0993. The fourth-order valence-corrected chi connectivity index (χ4v) is 4.30. The third-order valence-corrected chi connectivity index (χ3v) is 5.71. The number of rotatable bonds is 2. The van der Waals surface area contributed by atoms with E-state index in [4.69, 9.17) is 16.3 Å². The van der Waals surface area contributed by atoms with Gasteiger partial charge in [-0.15, -0.1) is 11.3 Å². The minimum absolute atomic E-state index is 0.0627. The molecule has 0 atom stereocenters. The van der Waals surface area contributed by atoms with Gasteiger partial charge in [-0.05, 0) is 24.3 Å². The summed E-state index contributed by atoms with van der Waals surface area (Å²) in [5.74, 6) is -0.240. The van der Waals surface area contributed by atoms with Crippen molar-refractivity contribution in [3.8, 4) is 16.2 Å². The highest BCUT2D eigenvalue weighted by molar-refractivity contribution is 7.17. The molecule has 0 N–H and O–H groups in total. The number of para-hydroxylation sites is 2. The second kappa shape index (κ2) is 6.17. The minimum Gasteiger partial charge on any atom is -0.488 e. The number of ether oxygens (including phenoxy) is 1. The first-order chi connectivity index (χ1) is 12.1. The van der Waals surface area contributed by atoms with Crippen LogP contribution in [0.4, 0.5) is 10.1 Å². The second-order valence-electron chi connectivity index (χ2n) is 5.65. The van der Waals surface area contributed by atoms with E-state index >= 15 is 0 Å². The van der Waals surface area contributed by atoms with E-state index in [0.29, 0.717) is 22.0 Å². The molecule has 0 saturated carbocycles. The van der Waals surface area contributed by atoms with Crippen LogP contribution in [0.5, 0.6) is 5.75 Å². The van der Waals surface area contributed by atoms with E-state index in [1.54, 1.807) is 31.3 Å². The monoisotopic (exact) mass is 373 g/mol. The van der Waals surface area contributed by atoms with Crippen molar-refractivity contribution in [3.63, 3.8) is 0 Å². The summed E-state index contributed by atoms with van der Waals surface area (Å²) in [6.45, 7) is 0.123. The Bertz CT molecular complexity index is 985. The molecule has 0 saturated heterocycles. The van der Waals surface area contributed by atoms with Crippen molar-refractivity contribution < 1.29 is 13.9 Å². The topological polar surface area (TPSA) is 29.5 Å². The highest BCUT2D eigenvalue weighted by Crippen LogP contribution is 2.44. The molecule has 1 aromatic heterocycles. The molecule has 2 heterocycles. The van der Waals surface area contributed by atoms with Gasteiger partial charge in [0.15, 0.2) is 5.82 Å². The number of nitrogens with zero attached hydrogens (tertiary/aromatic N) is 1. The summed E-state index contributed by atoms with van der Waals surface area (Å²) >= 11 is 7.31. The molecule has 126 valence electrons. The Hall–Kier alpha value is -2.37. The summed E-state index contributed by atoms with van der Waals surface area (Å²) in [5, 5.41) is 0.439. The van der Waals surface area contributed by atoms with E-state index < -0.39 is 11.7 Å². The Morgan fingerprint density at radius 3 is 2.72 bits per heavy atom. The molecule has 1 amide bonds. The Morgan fingerprint density at radius 1 is 1.20 bits per heavy atom. The molecule has 2 aromatic carbocycles. The van der Waals surface area contributed by atoms with Crippen molar-refractivity contribution >= 4 is 34.5 Å². The average molecular weight is 374 g/mol. The highest BCUT2D eigenvalue weighted by atomic mass is 35.5. The van der Waals surface area contributed by atoms with Gasteiger partial charge in [0, 0.05) is 23.1 Å². The molecule has 0 fully saturated rings. The smallest absolute Gasteiger partial charge is 0.271 e. The Morgan fingerprint density at radius 2 is 1.92 bits per heavy atom. The molecular weight excluding hydrogens is 361 g/mol. The van der Waals surface area contributed by atoms with Gasteiger partial charge in [-0.1, -0.05) is 35.9 Å². The van der Waals surface area contributed by atoms with Crippen LogP contribution in [0.1, 0.15) is 15.2 Å². The van der Waals surface area contributed by atoms with Crippen LogP contribution >= 0.6 is 22.9 Å². The molecule has 4 rings (SSSR count). The molecule has 0 radical (unpaired) electrons. The van der Waals surface area contributed by atoms with Crippen LogP contribution in [-0.4, -0.2) is 13.0 Å². The lowest BCUT2D eigenvalue weighted by atomic mass is 10.1. The van der Waals surface area contributed by atoms with Crippen molar-refractivity contribution in [2.75, 3.05) is 11.9 Å². The van der Waals surface area contributed by atoms with Gasteiger partial charge in [-0.2, -0.15) is 0 Å². The van der Waals surface area contributed by atoms with Crippen LogP contribution < -0.4 is 9.64 Å². The number of thiophene rings is 1. The van der Waals surface area contributed by atoms with Gasteiger partial charge < -0.3 is 9.64 Å². The van der Waals surface area contributed by atoms with E-state index in [9.17, 15) is 9.18 Å². The van der Waals surface area contributed by atoms with Crippen LogP contribution in [-0.2, 0) is 6.61 Å². The summed E-state index contributed by atoms with van der Waals surface area (Å²) < 4.78 is 20.5. The molecule has 6 heteroatoms. The van der Waals surface area contributed by atoms with Gasteiger partial charge in [-0.25, -0.2) is 4.39 Å². The quantitative estimate of drug-likeness (QED) is 0.603. The standard InChI is InChI=1S/C19H13ClFNO2S/c1-22(14-8-4-3-7-13(14)20)19(23)18-16(21)12-10-24-15-9-5-2-6-11(15)17(12)25-18/h2-9H,10H2,1H3. The van der Waals surface area contributed by atoms with Gasteiger partial charge in [0.25, 0.3) is 5.91 Å². The molecule has 25 heavy (non-hydrogen) atoms. The van der Waals surface area contributed by atoms with Crippen molar-refractivity contribution in [2.45, 2.75) is 6.61 Å². The fourth-order valence-electron chi connectivity index (χ4n) is 2.84. The third kappa shape index (κ3) is 2.60. The van der Waals surface area contributed by atoms with Crippen LogP contribution in [0.25, 0.3) is 10.4 Å². The average Bonchev–Trinajstić information content (AvgIpc) is 2.98. The zero-order valence-electron chi connectivity index (χ0n) is 13.3. The van der Waals surface area contributed by atoms with E-state index in [-0.39, 0.29) is 11.5 Å². The van der Waals surface area contributed by atoms with Gasteiger partial charge >= 0.3 is 0 Å². The third-order valence-electron chi connectivity index (χ3n) is 4.16. The van der Waals surface area contributed by atoms with Crippen LogP contribution in [0.2, 0.25) is 5.02 Å². The summed E-state index contributed by atoms with van der Waals surface area (Å²) in [4.78, 5) is 15.0. The maximum Gasteiger partial charge on any atom is 0.271 e.